The van der Waals surface area contributed by atoms with Crippen molar-refractivity contribution in [3.63, 3.8) is 0 Å². The van der Waals surface area contributed by atoms with Crippen LogP contribution in [0.25, 0.3) is 0 Å². The average Bonchev–Trinajstić information content (AvgIpc) is 3.24. The van der Waals surface area contributed by atoms with Gasteiger partial charge in [0.05, 0.1) is 13.1 Å². The third-order valence-electron chi connectivity index (χ3n) is 4.54. The van der Waals surface area contributed by atoms with Gasteiger partial charge in [0.1, 0.15) is 11.9 Å². The van der Waals surface area contributed by atoms with Gasteiger partial charge in [-0.15, -0.1) is 0 Å². The van der Waals surface area contributed by atoms with Crippen LogP contribution in [-0.4, -0.2) is 34.6 Å². The Balaban J connectivity index is 1.39. The molecule has 2 saturated carbocycles. The molecule has 5 nitrogen and oxygen atoms in total. The molecule has 0 atom stereocenters. The van der Waals surface area contributed by atoms with Crippen molar-refractivity contribution in [1.82, 2.24) is 9.47 Å². The summed E-state index contributed by atoms with van der Waals surface area (Å²) in [5, 5.41) is 0. The van der Waals surface area contributed by atoms with E-state index in [1.807, 2.05) is 22.5 Å². The van der Waals surface area contributed by atoms with Crippen molar-refractivity contribution < 1.29 is 9.53 Å². The minimum Gasteiger partial charge on any atom is -0.486 e. The summed E-state index contributed by atoms with van der Waals surface area (Å²) in [6, 6.07) is 3.91. The molecule has 112 valence electrons. The van der Waals surface area contributed by atoms with Crippen LogP contribution in [0, 0.1) is 12.8 Å². The monoisotopic (exact) mass is 288 g/mol. The summed E-state index contributed by atoms with van der Waals surface area (Å²) in [6.07, 6.45) is 4.31. The molecule has 0 radical (unpaired) electrons. The Labute approximate surface area is 123 Å². The quantitative estimate of drug-likeness (QED) is 0.843. The minimum atomic E-state index is 0.0257. The van der Waals surface area contributed by atoms with Crippen LogP contribution in [0.5, 0.6) is 5.75 Å². The Morgan fingerprint density at radius 2 is 1.90 bits per heavy atom. The Kier molecular flexibility index (Phi) is 2.84. The predicted molar refractivity (Wildman–Crippen MR) is 77.4 cm³/mol. The van der Waals surface area contributed by atoms with Gasteiger partial charge in [-0.05, 0) is 38.7 Å². The molecule has 5 heteroatoms. The number of likely N-dealkylation sites (tertiary alicyclic amines) is 1. The smallest absolute Gasteiger partial charge is 0.254 e. The summed E-state index contributed by atoms with van der Waals surface area (Å²) in [6.45, 7) is 3.26. The molecule has 0 unspecified atom stereocenters. The number of aromatic nitrogens is 1. The van der Waals surface area contributed by atoms with Crippen molar-refractivity contribution in [1.29, 1.82) is 0 Å². The summed E-state index contributed by atoms with van der Waals surface area (Å²) in [5.74, 6) is 1.18. The van der Waals surface area contributed by atoms with Gasteiger partial charge in [0.25, 0.3) is 5.56 Å². The van der Waals surface area contributed by atoms with E-state index in [1.54, 1.807) is 6.07 Å². The van der Waals surface area contributed by atoms with Crippen molar-refractivity contribution in [3.8, 4) is 5.75 Å². The molecule has 1 aliphatic heterocycles. The van der Waals surface area contributed by atoms with Gasteiger partial charge in [-0.2, -0.15) is 0 Å². The van der Waals surface area contributed by atoms with Crippen molar-refractivity contribution in [2.75, 3.05) is 13.1 Å². The normalized spacial score (nSPS) is 22.0. The highest BCUT2D eigenvalue weighted by Gasteiger charge is 2.40. The zero-order chi connectivity index (χ0) is 14.6. The molecule has 0 aromatic carbocycles. The second-order valence-corrected chi connectivity index (χ2v) is 6.53. The lowest BCUT2D eigenvalue weighted by Gasteiger charge is -2.39. The van der Waals surface area contributed by atoms with Gasteiger partial charge >= 0.3 is 0 Å². The van der Waals surface area contributed by atoms with Crippen LogP contribution in [0.2, 0.25) is 0 Å². The highest BCUT2D eigenvalue weighted by molar-refractivity contribution is 5.81. The number of rotatable bonds is 4. The molecule has 3 fully saturated rings. The maximum absolute atomic E-state index is 12.1. The topological polar surface area (TPSA) is 51.5 Å². The van der Waals surface area contributed by atoms with Crippen molar-refractivity contribution in [3.05, 3.63) is 28.2 Å². The number of ether oxygens (including phenoxy) is 1. The van der Waals surface area contributed by atoms with E-state index < -0.39 is 0 Å². The van der Waals surface area contributed by atoms with Crippen LogP contribution >= 0.6 is 0 Å². The highest BCUT2D eigenvalue weighted by Crippen LogP contribution is 2.35. The minimum absolute atomic E-state index is 0.0257. The average molecular weight is 288 g/mol. The Morgan fingerprint density at radius 3 is 2.48 bits per heavy atom. The van der Waals surface area contributed by atoms with Crippen LogP contribution in [0.15, 0.2) is 16.9 Å². The Bertz CT molecular complexity index is 637. The fourth-order valence-corrected chi connectivity index (χ4v) is 3.02. The number of carbonyl (C=O) groups is 1. The number of aryl methyl sites for hydroxylation is 1. The molecule has 4 rings (SSSR count). The van der Waals surface area contributed by atoms with Crippen LogP contribution in [0.3, 0.4) is 0 Å². The van der Waals surface area contributed by atoms with E-state index in [9.17, 15) is 9.59 Å². The number of hydrogen-bond donors (Lipinski definition) is 0. The lowest BCUT2D eigenvalue weighted by molar-refractivity contribution is -0.141. The number of carbonyl (C=O) groups excluding carboxylic acids is 1. The first-order valence-electron chi connectivity index (χ1n) is 7.80. The van der Waals surface area contributed by atoms with Crippen LogP contribution in [0.1, 0.15) is 37.4 Å². The highest BCUT2D eigenvalue weighted by atomic mass is 16.5. The molecule has 1 saturated heterocycles. The number of pyridine rings is 1. The van der Waals surface area contributed by atoms with E-state index in [2.05, 4.69) is 0 Å². The standard InChI is InChI=1S/C16H20N2O3/c1-10-6-13(7-15(19)18(10)12-4-5-12)21-14-8-17(9-14)16(20)11-2-3-11/h6-7,11-12,14H,2-5,8-9H2,1H3. The fraction of sp³-hybridized carbons (Fsp3) is 0.625. The van der Waals surface area contributed by atoms with E-state index in [4.69, 9.17) is 4.74 Å². The molecule has 0 N–H and O–H groups in total. The van der Waals surface area contributed by atoms with Gasteiger partial charge in [0.2, 0.25) is 5.91 Å². The molecule has 1 aromatic rings. The van der Waals surface area contributed by atoms with E-state index in [0.717, 1.165) is 31.4 Å². The first-order valence-corrected chi connectivity index (χ1v) is 7.80. The lowest BCUT2D eigenvalue weighted by Crippen LogP contribution is -2.56. The van der Waals surface area contributed by atoms with Gasteiger partial charge in [0, 0.05) is 23.7 Å². The molecule has 0 bridgehead atoms. The fourth-order valence-electron chi connectivity index (χ4n) is 3.02. The molecule has 1 aromatic heterocycles. The molecule has 2 aliphatic carbocycles. The van der Waals surface area contributed by atoms with Gasteiger partial charge in [-0.3, -0.25) is 9.59 Å². The maximum atomic E-state index is 12.1. The van der Waals surface area contributed by atoms with E-state index >= 15 is 0 Å². The molecule has 3 aliphatic rings. The Hall–Kier alpha value is -1.78. The lowest BCUT2D eigenvalue weighted by atomic mass is 10.1. The number of hydrogen-bond acceptors (Lipinski definition) is 3. The molecule has 2 heterocycles. The summed E-state index contributed by atoms with van der Waals surface area (Å²) >= 11 is 0. The molecule has 21 heavy (non-hydrogen) atoms. The Morgan fingerprint density at radius 1 is 1.19 bits per heavy atom. The largest absolute Gasteiger partial charge is 0.486 e. The summed E-state index contributed by atoms with van der Waals surface area (Å²) in [4.78, 5) is 25.8. The summed E-state index contributed by atoms with van der Waals surface area (Å²) < 4.78 is 7.70. The van der Waals surface area contributed by atoms with Crippen molar-refractivity contribution in [2.24, 2.45) is 5.92 Å². The third kappa shape index (κ3) is 2.45. The van der Waals surface area contributed by atoms with Gasteiger partial charge in [-0.1, -0.05) is 0 Å². The maximum Gasteiger partial charge on any atom is 0.254 e. The number of amides is 1. The first kappa shape index (κ1) is 12.9. The second kappa shape index (κ2) is 4.61. The molecular weight excluding hydrogens is 268 g/mol. The molecule has 0 spiro atoms. The molecular formula is C16H20N2O3. The van der Waals surface area contributed by atoms with E-state index in [-0.39, 0.29) is 23.5 Å². The van der Waals surface area contributed by atoms with Crippen LogP contribution in [-0.2, 0) is 4.79 Å². The van der Waals surface area contributed by atoms with Crippen molar-refractivity contribution in [2.45, 2.75) is 44.8 Å². The number of nitrogens with zero attached hydrogens (tertiary/aromatic N) is 2. The van der Waals surface area contributed by atoms with Crippen LogP contribution < -0.4 is 10.3 Å². The zero-order valence-corrected chi connectivity index (χ0v) is 12.2. The zero-order valence-electron chi connectivity index (χ0n) is 12.2. The van der Waals surface area contributed by atoms with Crippen molar-refractivity contribution >= 4 is 5.91 Å². The van der Waals surface area contributed by atoms with Gasteiger partial charge in [-0.25, -0.2) is 0 Å². The van der Waals surface area contributed by atoms with E-state index in [0.29, 0.717) is 24.9 Å². The van der Waals surface area contributed by atoms with Gasteiger partial charge < -0.3 is 14.2 Å². The van der Waals surface area contributed by atoms with E-state index in [1.165, 1.54) is 0 Å². The SMILES string of the molecule is Cc1cc(OC2CN(C(=O)C3CC3)C2)cc(=O)n1C1CC1. The van der Waals surface area contributed by atoms with Crippen LogP contribution in [0.4, 0.5) is 0 Å². The third-order valence-corrected chi connectivity index (χ3v) is 4.54. The second-order valence-electron chi connectivity index (χ2n) is 6.53. The predicted octanol–water partition coefficient (Wildman–Crippen LogP) is 1.49. The first-order chi connectivity index (χ1) is 10.1. The summed E-state index contributed by atoms with van der Waals surface area (Å²) in [7, 11) is 0. The molecule has 1 amide bonds. The summed E-state index contributed by atoms with van der Waals surface area (Å²) in [5.41, 5.74) is 0.989. The van der Waals surface area contributed by atoms with Gasteiger partial charge in [0.15, 0.2) is 0 Å².